The third kappa shape index (κ3) is 2.17. The lowest BCUT2D eigenvalue weighted by atomic mass is 9.81. The number of nitrogens with two attached hydrogens (primary N) is 1. The zero-order valence-corrected chi connectivity index (χ0v) is 11.3. The van der Waals surface area contributed by atoms with Gasteiger partial charge in [0.2, 0.25) is 0 Å². The van der Waals surface area contributed by atoms with Crippen molar-refractivity contribution in [2.75, 3.05) is 0 Å². The van der Waals surface area contributed by atoms with Gasteiger partial charge >= 0.3 is 0 Å². The van der Waals surface area contributed by atoms with Gasteiger partial charge < -0.3 is 5.73 Å². The summed E-state index contributed by atoms with van der Waals surface area (Å²) in [6, 6.07) is 2.12. The van der Waals surface area contributed by atoms with Crippen LogP contribution >= 0.6 is 22.7 Å². The first-order chi connectivity index (χ1) is 8.28. The molecule has 2 nitrogen and oxygen atoms in total. The smallest absolute Gasteiger partial charge is 0.124 e. The molecular formula is C13H16N2S2. The molecule has 1 fully saturated rings. The predicted molar refractivity (Wildman–Crippen MR) is 74.4 cm³/mol. The van der Waals surface area contributed by atoms with Crippen molar-refractivity contribution in [3.05, 3.63) is 27.9 Å². The molecule has 0 atom stereocenters. The zero-order valence-electron chi connectivity index (χ0n) is 9.69. The third-order valence-electron chi connectivity index (χ3n) is 3.53. The molecule has 90 valence electrons. The Morgan fingerprint density at radius 3 is 2.71 bits per heavy atom. The van der Waals surface area contributed by atoms with Gasteiger partial charge in [0.15, 0.2) is 0 Å². The van der Waals surface area contributed by atoms with E-state index in [4.69, 9.17) is 10.7 Å². The molecule has 0 bridgehead atoms. The van der Waals surface area contributed by atoms with E-state index in [9.17, 15) is 0 Å². The van der Waals surface area contributed by atoms with Crippen LogP contribution in [0.25, 0.3) is 10.6 Å². The zero-order chi connectivity index (χ0) is 11.7. The molecule has 0 aromatic carbocycles. The first-order valence-corrected chi connectivity index (χ1v) is 7.88. The van der Waals surface area contributed by atoms with Crippen LogP contribution in [0.15, 0.2) is 22.2 Å². The van der Waals surface area contributed by atoms with E-state index in [0.717, 1.165) is 23.5 Å². The number of thiophene rings is 1. The lowest BCUT2D eigenvalue weighted by molar-refractivity contribution is 0.296. The second kappa shape index (κ2) is 4.52. The van der Waals surface area contributed by atoms with Crippen molar-refractivity contribution in [1.29, 1.82) is 0 Å². The fourth-order valence-electron chi connectivity index (χ4n) is 2.46. The van der Waals surface area contributed by atoms with E-state index in [0.29, 0.717) is 0 Å². The second-order valence-electron chi connectivity index (χ2n) is 4.77. The lowest BCUT2D eigenvalue weighted by Gasteiger charge is -2.31. The van der Waals surface area contributed by atoms with Crippen molar-refractivity contribution in [3.8, 4) is 10.6 Å². The van der Waals surface area contributed by atoms with E-state index >= 15 is 0 Å². The van der Waals surface area contributed by atoms with Crippen LogP contribution in [0.1, 0.15) is 37.8 Å². The minimum Gasteiger partial charge on any atom is -0.320 e. The highest BCUT2D eigenvalue weighted by Crippen LogP contribution is 2.37. The minimum atomic E-state index is -0.164. The molecular weight excluding hydrogens is 248 g/mol. The lowest BCUT2D eigenvalue weighted by Crippen LogP contribution is -2.38. The molecule has 1 aliphatic rings. The standard InChI is InChI=1S/C13H16N2S2/c14-13(5-2-1-3-6-13)11-9-17-12(15-11)10-4-7-16-8-10/h4,7-9H,1-3,5-6,14H2. The van der Waals surface area contributed by atoms with E-state index in [1.165, 1.54) is 24.8 Å². The molecule has 2 aromatic heterocycles. The van der Waals surface area contributed by atoms with Crippen LogP contribution in [0.2, 0.25) is 0 Å². The summed E-state index contributed by atoms with van der Waals surface area (Å²) in [4.78, 5) is 4.75. The van der Waals surface area contributed by atoms with Gasteiger partial charge in [0.1, 0.15) is 5.01 Å². The maximum atomic E-state index is 6.49. The summed E-state index contributed by atoms with van der Waals surface area (Å²) in [6.07, 6.45) is 5.96. The Balaban J connectivity index is 1.89. The van der Waals surface area contributed by atoms with Crippen LogP contribution in [-0.4, -0.2) is 4.98 Å². The average molecular weight is 264 g/mol. The van der Waals surface area contributed by atoms with E-state index < -0.39 is 0 Å². The van der Waals surface area contributed by atoms with Crippen LogP contribution < -0.4 is 5.73 Å². The number of aromatic nitrogens is 1. The molecule has 4 heteroatoms. The van der Waals surface area contributed by atoms with Crippen molar-refractivity contribution in [2.24, 2.45) is 5.73 Å². The highest BCUT2D eigenvalue weighted by molar-refractivity contribution is 7.14. The third-order valence-corrected chi connectivity index (χ3v) is 5.10. The second-order valence-corrected chi connectivity index (χ2v) is 6.40. The quantitative estimate of drug-likeness (QED) is 0.890. The number of thiazole rings is 1. The molecule has 0 aliphatic heterocycles. The Morgan fingerprint density at radius 1 is 1.18 bits per heavy atom. The van der Waals surface area contributed by atoms with Crippen LogP contribution in [0.4, 0.5) is 0 Å². The van der Waals surface area contributed by atoms with Crippen LogP contribution in [0, 0.1) is 0 Å². The molecule has 1 saturated carbocycles. The summed E-state index contributed by atoms with van der Waals surface area (Å²) in [6.45, 7) is 0. The Morgan fingerprint density at radius 2 is 2.00 bits per heavy atom. The molecule has 3 rings (SSSR count). The molecule has 2 heterocycles. The molecule has 2 N–H and O–H groups in total. The first kappa shape index (κ1) is 11.4. The van der Waals surface area contributed by atoms with Crippen LogP contribution in [-0.2, 0) is 5.54 Å². The van der Waals surface area contributed by atoms with Crippen molar-refractivity contribution in [1.82, 2.24) is 4.98 Å². The van der Waals surface area contributed by atoms with Crippen LogP contribution in [0.5, 0.6) is 0 Å². The van der Waals surface area contributed by atoms with Gasteiger partial charge in [-0.25, -0.2) is 4.98 Å². The topological polar surface area (TPSA) is 38.9 Å². The number of hydrogen-bond acceptors (Lipinski definition) is 4. The number of rotatable bonds is 2. The Labute approximate surface area is 110 Å². The van der Waals surface area contributed by atoms with Crippen LogP contribution in [0.3, 0.4) is 0 Å². The molecule has 0 radical (unpaired) electrons. The van der Waals surface area contributed by atoms with Gasteiger partial charge in [0.05, 0.1) is 11.2 Å². The van der Waals surface area contributed by atoms with E-state index in [1.54, 1.807) is 22.7 Å². The largest absolute Gasteiger partial charge is 0.320 e. The van der Waals surface area contributed by atoms with Gasteiger partial charge in [0, 0.05) is 16.3 Å². The number of nitrogens with zero attached hydrogens (tertiary/aromatic N) is 1. The summed E-state index contributed by atoms with van der Waals surface area (Å²) in [7, 11) is 0. The summed E-state index contributed by atoms with van der Waals surface area (Å²) in [5, 5.41) is 7.50. The van der Waals surface area contributed by atoms with Gasteiger partial charge in [-0.3, -0.25) is 0 Å². The highest BCUT2D eigenvalue weighted by atomic mass is 32.1. The van der Waals surface area contributed by atoms with Crippen molar-refractivity contribution in [3.63, 3.8) is 0 Å². The van der Waals surface area contributed by atoms with Crippen molar-refractivity contribution < 1.29 is 0 Å². The monoisotopic (exact) mass is 264 g/mol. The van der Waals surface area contributed by atoms with Gasteiger partial charge in [-0.15, -0.1) is 11.3 Å². The average Bonchev–Trinajstić information content (AvgIpc) is 3.01. The molecule has 0 unspecified atom stereocenters. The fourth-order valence-corrected chi connectivity index (χ4v) is 4.10. The Bertz CT molecular complexity index is 481. The Hall–Kier alpha value is -0.710. The summed E-state index contributed by atoms with van der Waals surface area (Å²) >= 11 is 3.43. The van der Waals surface area contributed by atoms with Gasteiger partial charge in [-0.05, 0) is 24.3 Å². The van der Waals surface area contributed by atoms with Gasteiger partial charge in [-0.2, -0.15) is 11.3 Å². The van der Waals surface area contributed by atoms with E-state index in [2.05, 4.69) is 22.2 Å². The molecule has 0 spiro atoms. The number of hydrogen-bond donors (Lipinski definition) is 1. The van der Waals surface area contributed by atoms with E-state index in [-0.39, 0.29) is 5.54 Å². The SMILES string of the molecule is NC1(c2csc(-c3ccsc3)n2)CCCCC1. The summed E-state index contributed by atoms with van der Waals surface area (Å²) < 4.78 is 0. The molecule has 1 aliphatic carbocycles. The predicted octanol–water partition coefficient (Wildman–Crippen LogP) is 3.99. The summed E-state index contributed by atoms with van der Waals surface area (Å²) in [5.41, 5.74) is 8.66. The van der Waals surface area contributed by atoms with Gasteiger partial charge in [0.25, 0.3) is 0 Å². The fraction of sp³-hybridized carbons (Fsp3) is 0.462. The minimum absolute atomic E-state index is 0.164. The Kier molecular flexibility index (Phi) is 3.03. The summed E-state index contributed by atoms with van der Waals surface area (Å²) in [5.74, 6) is 0. The maximum Gasteiger partial charge on any atom is 0.124 e. The van der Waals surface area contributed by atoms with Gasteiger partial charge in [-0.1, -0.05) is 19.3 Å². The maximum absolute atomic E-state index is 6.49. The first-order valence-electron chi connectivity index (χ1n) is 6.05. The molecule has 17 heavy (non-hydrogen) atoms. The van der Waals surface area contributed by atoms with E-state index in [1.807, 2.05) is 0 Å². The van der Waals surface area contributed by atoms with Crippen molar-refractivity contribution >= 4 is 22.7 Å². The highest BCUT2D eigenvalue weighted by Gasteiger charge is 2.31. The molecule has 2 aromatic rings. The molecule has 0 amide bonds. The molecule has 0 saturated heterocycles. The van der Waals surface area contributed by atoms with Crippen molar-refractivity contribution in [2.45, 2.75) is 37.6 Å². The normalized spacial score (nSPS) is 19.4.